The van der Waals surface area contributed by atoms with E-state index in [1.54, 1.807) is 0 Å². The molecule has 1 amide bonds. The maximum atomic E-state index is 12.8. The van der Waals surface area contributed by atoms with E-state index < -0.39 is 23.6 Å². The van der Waals surface area contributed by atoms with E-state index in [4.69, 9.17) is 5.11 Å². The van der Waals surface area contributed by atoms with Gasteiger partial charge in [0.15, 0.2) is 0 Å². The zero-order chi connectivity index (χ0) is 17.7. The Labute approximate surface area is 135 Å². The highest BCUT2D eigenvalue weighted by Gasteiger charge is 2.32. The Hall–Kier alpha value is -3.09. The average molecular weight is 335 g/mol. The highest BCUT2D eigenvalue weighted by Crippen LogP contribution is 2.32. The number of amides is 1. The predicted molar refractivity (Wildman–Crippen MR) is 82.5 cm³/mol. The number of aromatic carboxylic acids is 1. The Morgan fingerprint density at radius 2 is 1.75 bits per heavy atom. The first-order chi connectivity index (χ1) is 11.3. The zero-order valence-electron chi connectivity index (χ0n) is 12.2. The first-order valence-electron chi connectivity index (χ1n) is 6.76. The molecule has 0 saturated heterocycles. The van der Waals surface area contributed by atoms with E-state index in [-0.39, 0.29) is 16.8 Å². The molecule has 0 aliphatic heterocycles. The summed E-state index contributed by atoms with van der Waals surface area (Å²) in [7, 11) is 0. The molecule has 0 fully saturated rings. The monoisotopic (exact) mass is 335 g/mol. The lowest BCUT2D eigenvalue weighted by atomic mass is 10.1. The number of benzene rings is 2. The van der Waals surface area contributed by atoms with E-state index in [1.165, 1.54) is 42.5 Å². The van der Waals surface area contributed by atoms with Gasteiger partial charge < -0.3 is 10.4 Å². The number of carboxylic acids is 1. The van der Waals surface area contributed by atoms with E-state index >= 15 is 0 Å². The molecule has 2 aromatic carbocycles. The molecule has 0 bridgehead atoms. The first-order valence-corrected chi connectivity index (χ1v) is 6.76. The van der Waals surface area contributed by atoms with Gasteiger partial charge >= 0.3 is 12.1 Å². The third-order valence-electron chi connectivity index (χ3n) is 3.06. The summed E-state index contributed by atoms with van der Waals surface area (Å²) in [5.41, 5.74) is -0.769. The lowest BCUT2D eigenvalue weighted by Gasteiger charge is -2.09. The van der Waals surface area contributed by atoms with E-state index in [1.807, 2.05) is 0 Å². The van der Waals surface area contributed by atoms with Crippen molar-refractivity contribution in [2.75, 3.05) is 5.32 Å². The van der Waals surface area contributed by atoms with Crippen molar-refractivity contribution in [3.05, 3.63) is 71.3 Å². The normalized spacial score (nSPS) is 11.5. The summed E-state index contributed by atoms with van der Waals surface area (Å²) in [4.78, 5) is 22.6. The van der Waals surface area contributed by atoms with Crippen LogP contribution < -0.4 is 5.32 Å². The minimum absolute atomic E-state index is 0.0146. The molecule has 0 spiro atoms. The number of alkyl halides is 3. The Bertz CT molecular complexity index is 798. The number of nitrogens with one attached hydrogen (secondary N) is 1. The summed E-state index contributed by atoms with van der Waals surface area (Å²) in [6.07, 6.45) is -2.51. The molecule has 0 saturated carbocycles. The minimum atomic E-state index is -4.52. The van der Waals surface area contributed by atoms with Crippen LogP contribution in [0.3, 0.4) is 0 Å². The molecule has 2 N–H and O–H groups in total. The predicted octanol–water partition coefficient (Wildman–Crippen LogP) is 4.06. The van der Waals surface area contributed by atoms with Gasteiger partial charge in [0.1, 0.15) is 0 Å². The van der Waals surface area contributed by atoms with Gasteiger partial charge in [-0.1, -0.05) is 24.3 Å². The van der Waals surface area contributed by atoms with Gasteiger partial charge in [0, 0.05) is 11.8 Å². The fraction of sp³-hybridized carbons (Fsp3) is 0.0588. The second-order valence-electron chi connectivity index (χ2n) is 4.79. The highest BCUT2D eigenvalue weighted by molar-refractivity contribution is 6.02. The smallest absolute Gasteiger partial charge is 0.416 e. The molecular weight excluding hydrogens is 323 g/mol. The van der Waals surface area contributed by atoms with Crippen molar-refractivity contribution in [1.82, 2.24) is 0 Å². The Morgan fingerprint density at radius 1 is 1.04 bits per heavy atom. The molecular formula is C17H12F3NO3. The summed E-state index contributed by atoms with van der Waals surface area (Å²) in [6, 6.07) is 10.4. The van der Waals surface area contributed by atoms with Crippen LogP contribution in [0.5, 0.6) is 0 Å². The highest BCUT2D eigenvalue weighted by atomic mass is 19.4. The fourth-order valence-electron chi connectivity index (χ4n) is 1.98. The summed E-state index contributed by atoms with van der Waals surface area (Å²) >= 11 is 0. The van der Waals surface area contributed by atoms with Gasteiger partial charge in [-0.3, -0.25) is 4.79 Å². The van der Waals surface area contributed by atoms with Gasteiger partial charge in [0.25, 0.3) is 0 Å². The minimum Gasteiger partial charge on any atom is -0.478 e. The molecule has 0 aliphatic carbocycles. The van der Waals surface area contributed by atoms with Crippen LogP contribution in [0.4, 0.5) is 18.9 Å². The van der Waals surface area contributed by atoms with Gasteiger partial charge in [0.2, 0.25) is 5.91 Å². The van der Waals surface area contributed by atoms with Gasteiger partial charge in [0.05, 0.1) is 11.1 Å². The standard InChI is InChI=1S/C17H12F3NO3/c18-17(19,20)14-7-2-1-4-11(14)8-9-15(22)21-13-6-3-5-12(10-13)16(23)24/h1-10H,(H,21,22)(H,23,24). The van der Waals surface area contributed by atoms with Crippen molar-refractivity contribution in [3.63, 3.8) is 0 Å². The third kappa shape index (κ3) is 4.45. The van der Waals surface area contributed by atoms with Crippen molar-refractivity contribution in [2.45, 2.75) is 6.18 Å². The van der Waals surface area contributed by atoms with Gasteiger partial charge in [-0.25, -0.2) is 4.79 Å². The molecule has 0 unspecified atom stereocenters. The van der Waals surface area contributed by atoms with Gasteiger partial charge in [-0.15, -0.1) is 0 Å². The molecule has 24 heavy (non-hydrogen) atoms. The fourth-order valence-corrected chi connectivity index (χ4v) is 1.98. The van der Waals surface area contributed by atoms with E-state index in [0.29, 0.717) is 0 Å². The molecule has 0 aromatic heterocycles. The van der Waals surface area contributed by atoms with Crippen LogP contribution in [-0.4, -0.2) is 17.0 Å². The number of rotatable bonds is 4. The Balaban J connectivity index is 2.15. The second kappa shape index (κ2) is 6.99. The zero-order valence-corrected chi connectivity index (χ0v) is 12.2. The Kier molecular flexibility index (Phi) is 5.03. The van der Waals surface area contributed by atoms with E-state index in [2.05, 4.69) is 5.32 Å². The van der Waals surface area contributed by atoms with E-state index in [0.717, 1.165) is 18.2 Å². The van der Waals surface area contributed by atoms with Crippen molar-refractivity contribution in [1.29, 1.82) is 0 Å². The molecule has 124 valence electrons. The summed E-state index contributed by atoms with van der Waals surface area (Å²) in [5, 5.41) is 11.3. The number of carbonyl (C=O) groups excluding carboxylic acids is 1. The second-order valence-corrected chi connectivity index (χ2v) is 4.79. The topological polar surface area (TPSA) is 66.4 Å². The number of halogens is 3. The lowest BCUT2D eigenvalue weighted by molar-refractivity contribution is -0.137. The maximum absolute atomic E-state index is 12.8. The summed E-state index contributed by atoms with van der Waals surface area (Å²) in [5.74, 6) is -1.82. The quantitative estimate of drug-likeness (QED) is 0.828. The summed E-state index contributed by atoms with van der Waals surface area (Å²) < 4.78 is 38.5. The van der Waals surface area contributed by atoms with Gasteiger partial charge in [-0.05, 0) is 35.9 Å². The molecule has 0 aliphatic rings. The molecule has 4 nitrogen and oxygen atoms in total. The SMILES string of the molecule is O=C(C=Cc1ccccc1C(F)(F)F)Nc1cccc(C(=O)O)c1. The van der Waals surface area contributed by atoms with Crippen LogP contribution in [0.15, 0.2) is 54.6 Å². The van der Waals surface area contributed by atoms with Crippen LogP contribution in [-0.2, 0) is 11.0 Å². The van der Waals surface area contributed by atoms with Crippen LogP contribution in [0.1, 0.15) is 21.5 Å². The van der Waals surface area contributed by atoms with Crippen LogP contribution >= 0.6 is 0 Å². The molecule has 0 atom stereocenters. The van der Waals surface area contributed by atoms with Crippen LogP contribution in [0, 0.1) is 0 Å². The van der Waals surface area contributed by atoms with Crippen LogP contribution in [0.25, 0.3) is 6.08 Å². The van der Waals surface area contributed by atoms with Crippen LogP contribution in [0.2, 0.25) is 0 Å². The number of carboxylic acid groups (broad SMARTS) is 1. The number of hydrogen-bond acceptors (Lipinski definition) is 2. The molecule has 2 rings (SSSR count). The molecule has 7 heteroatoms. The number of anilines is 1. The van der Waals surface area contributed by atoms with Crippen molar-refractivity contribution in [3.8, 4) is 0 Å². The molecule has 2 aromatic rings. The molecule has 0 heterocycles. The molecule has 0 radical (unpaired) electrons. The third-order valence-corrected chi connectivity index (χ3v) is 3.06. The first kappa shape index (κ1) is 17.3. The van der Waals surface area contributed by atoms with Gasteiger partial charge in [-0.2, -0.15) is 13.2 Å². The van der Waals surface area contributed by atoms with E-state index in [9.17, 15) is 22.8 Å². The largest absolute Gasteiger partial charge is 0.478 e. The Morgan fingerprint density at radius 3 is 2.42 bits per heavy atom. The average Bonchev–Trinajstić information content (AvgIpc) is 2.52. The number of carbonyl (C=O) groups is 2. The van der Waals surface area contributed by atoms with Crippen molar-refractivity contribution < 1.29 is 27.9 Å². The number of hydrogen-bond donors (Lipinski definition) is 2. The summed E-state index contributed by atoms with van der Waals surface area (Å²) in [6.45, 7) is 0. The maximum Gasteiger partial charge on any atom is 0.416 e. The lowest BCUT2D eigenvalue weighted by Crippen LogP contribution is -2.10. The van der Waals surface area contributed by atoms with Crippen molar-refractivity contribution >= 4 is 23.6 Å². The van der Waals surface area contributed by atoms with Crippen molar-refractivity contribution in [2.24, 2.45) is 0 Å².